The zero-order chi connectivity index (χ0) is 15.8. The maximum Gasteiger partial charge on any atom is 0.316 e. The summed E-state index contributed by atoms with van der Waals surface area (Å²) in [4.78, 5) is 24.3. The first-order valence-corrected chi connectivity index (χ1v) is 8.31. The van der Waals surface area contributed by atoms with Crippen LogP contribution in [0.1, 0.15) is 0 Å². The van der Waals surface area contributed by atoms with Gasteiger partial charge in [0.2, 0.25) is 0 Å². The fourth-order valence-electron chi connectivity index (χ4n) is 1.60. The van der Waals surface area contributed by atoms with E-state index in [4.69, 9.17) is 4.74 Å². The highest BCUT2D eigenvalue weighted by molar-refractivity contribution is 9.10. The summed E-state index contributed by atoms with van der Waals surface area (Å²) in [5.41, 5.74) is 0.641. The molecular formula is C16H14BrNO3S. The normalized spacial score (nSPS) is 10.0. The van der Waals surface area contributed by atoms with E-state index in [0.29, 0.717) is 5.69 Å². The molecule has 22 heavy (non-hydrogen) atoms. The number of hydrogen-bond donors (Lipinski definition) is 1. The molecule has 0 aliphatic carbocycles. The van der Waals surface area contributed by atoms with Crippen LogP contribution in [-0.4, -0.2) is 24.2 Å². The van der Waals surface area contributed by atoms with Crippen LogP contribution in [0.5, 0.6) is 0 Å². The molecule has 0 aromatic heterocycles. The molecule has 2 aromatic rings. The predicted molar refractivity (Wildman–Crippen MR) is 90.9 cm³/mol. The summed E-state index contributed by atoms with van der Waals surface area (Å²) < 4.78 is 5.72. The molecule has 0 spiro atoms. The minimum atomic E-state index is -0.420. The van der Waals surface area contributed by atoms with Crippen LogP contribution in [-0.2, 0) is 14.3 Å². The third-order valence-electron chi connectivity index (χ3n) is 2.61. The average molecular weight is 380 g/mol. The summed E-state index contributed by atoms with van der Waals surface area (Å²) in [7, 11) is 0. The Morgan fingerprint density at radius 2 is 1.73 bits per heavy atom. The number of amides is 1. The van der Waals surface area contributed by atoms with Crippen LogP contribution in [0.4, 0.5) is 5.69 Å². The van der Waals surface area contributed by atoms with Crippen LogP contribution >= 0.6 is 27.7 Å². The van der Waals surface area contributed by atoms with Gasteiger partial charge in [-0.3, -0.25) is 9.59 Å². The molecule has 0 aliphatic heterocycles. The summed E-state index contributed by atoms with van der Waals surface area (Å²) in [6, 6.07) is 16.8. The Morgan fingerprint density at radius 3 is 2.45 bits per heavy atom. The van der Waals surface area contributed by atoms with E-state index in [9.17, 15) is 9.59 Å². The highest BCUT2D eigenvalue weighted by atomic mass is 79.9. The Morgan fingerprint density at radius 1 is 1.05 bits per heavy atom. The maximum atomic E-state index is 11.7. The lowest BCUT2D eigenvalue weighted by Gasteiger charge is -2.08. The number of anilines is 1. The summed E-state index contributed by atoms with van der Waals surface area (Å²) >= 11 is 4.70. The number of ether oxygens (including phenoxy) is 1. The number of nitrogens with one attached hydrogen (secondary N) is 1. The van der Waals surface area contributed by atoms with Crippen molar-refractivity contribution in [3.05, 3.63) is 59.1 Å². The highest BCUT2D eigenvalue weighted by Gasteiger charge is 2.09. The number of carbonyl (C=O) groups is 2. The first-order valence-electron chi connectivity index (χ1n) is 6.53. The molecule has 1 N–H and O–H groups in total. The van der Waals surface area contributed by atoms with Gasteiger partial charge in [0.1, 0.15) is 0 Å². The third-order valence-corrected chi connectivity index (χ3v) is 4.29. The number of carbonyl (C=O) groups excluding carboxylic acids is 2. The molecule has 0 atom stereocenters. The lowest BCUT2D eigenvalue weighted by molar-refractivity contribution is -0.144. The Bertz CT molecular complexity index is 649. The van der Waals surface area contributed by atoms with Crippen molar-refractivity contribution in [2.45, 2.75) is 4.90 Å². The number of rotatable bonds is 6. The molecule has 114 valence electrons. The van der Waals surface area contributed by atoms with Crippen molar-refractivity contribution < 1.29 is 14.3 Å². The van der Waals surface area contributed by atoms with Crippen LogP contribution in [0.3, 0.4) is 0 Å². The highest BCUT2D eigenvalue weighted by Crippen LogP contribution is 2.21. The molecule has 0 heterocycles. The topological polar surface area (TPSA) is 55.4 Å². The van der Waals surface area contributed by atoms with Crippen molar-refractivity contribution in [3.8, 4) is 0 Å². The second-order valence-electron chi connectivity index (χ2n) is 4.29. The first-order chi connectivity index (χ1) is 10.6. The minimum absolute atomic E-state index is 0.173. The van der Waals surface area contributed by atoms with Gasteiger partial charge in [-0.25, -0.2) is 0 Å². The van der Waals surface area contributed by atoms with Crippen LogP contribution in [0.2, 0.25) is 0 Å². The zero-order valence-corrected chi connectivity index (χ0v) is 14.0. The van der Waals surface area contributed by atoms with Gasteiger partial charge in [0, 0.05) is 9.37 Å². The van der Waals surface area contributed by atoms with Gasteiger partial charge in [0.15, 0.2) is 6.61 Å². The lowest BCUT2D eigenvalue weighted by Crippen LogP contribution is -2.21. The number of thioether (sulfide) groups is 1. The van der Waals surface area contributed by atoms with E-state index >= 15 is 0 Å². The maximum absolute atomic E-state index is 11.7. The lowest BCUT2D eigenvalue weighted by atomic mass is 10.3. The number of para-hydroxylation sites is 1. The van der Waals surface area contributed by atoms with Gasteiger partial charge < -0.3 is 10.1 Å². The van der Waals surface area contributed by atoms with Crippen LogP contribution in [0.25, 0.3) is 0 Å². The summed E-state index contributed by atoms with van der Waals surface area (Å²) in [6.45, 7) is -0.296. The molecule has 6 heteroatoms. The van der Waals surface area contributed by atoms with Crippen LogP contribution < -0.4 is 5.32 Å². The van der Waals surface area contributed by atoms with Crippen LogP contribution in [0, 0.1) is 0 Å². The van der Waals surface area contributed by atoms with E-state index in [1.165, 1.54) is 11.8 Å². The Kier molecular flexibility index (Phi) is 6.48. The molecule has 0 unspecified atom stereocenters. The molecule has 0 saturated carbocycles. The van der Waals surface area contributed by atoms with E-state index < -0.39 is 5.97 Å². The largest absolute Gasteiger partial charge is 0.455 e. The van der Waals surface area contributed by atoms with Gasteiger partial charge in [-0.1, -0.05) is 30.3 Å². The first kappa shape index (κ1) is 16.6. The van der Waals surface area contributed by atoms with E-state index in [-0.39, 0.29) is 18.3 Å². The van der Waals surface area contributed by atoms with Gasteiger partial charge in [-0.2, -0.15) is 0 Å². The molecule has 0 aliphatic rings. The van der Waals surface area contributed by atoms with Crippen molar-refractivity contribution in [2.75, 3.05) is 17.7 Å². The Balaban J connectivity index is 1.72. The summed E-state index contributed by atoms with van der Waals surface area (Å²) in [5, 5.41) is 2.67. The SMILES string of the molecule is O=C(COC(=O)CSc1ccccc1)Nc1ccccc1Br. The Hall–Kier alpha value is -1.79. The number of hydrogen-bond acceptors (Lipinski definition) is 4. The Labute approximate surface area is 141 Å². The summed E-state index contributed by atoms with van der Waals surface area (Å²) in [5.74, 6) is -0.618. The second-order valence-corrected chi connectivity index (χ2v) is 6.19. The predicted octanol–water partition coefficient (Wildman–Crippen LogP) is 3.72. The molecule has 0 radical (unpaired) electrons. The molecule has 0 fully saturated rings. The zero-order valence-electron chi connectivity index (χ0n) is 11.6. The van der Waals surface area contributed by atoms with Crippen molar-refractivity contribution in [1.29, 1.82) is 0 Å². The second kappa shape index (κ2) is 8.60. The van der Waals surface area contributed by atoms with Crippen LogP contribution in [0.15, 0.2) is 64.0 Å². The van der Waals surface area contributed by atoms with Crippen molar-refractivity contribution in [3.63, 3.8) is 0 Å². The van der Waals surface area contributed by atoms with E-state index in [2.05, 4.69) is 21.2 Å². The van der Waals surface area contributed by atoms with Gasteiger partial charge in [0.25, 0.3) is 5.91 Å². The molecule has 1 amide bonds. The molecule has 0 bridgehead atoms. The minimum Gasteiger partial charge on any atom is -0.455 e. The van der Waals surface area contributed by atoms with Crippen molar-refractivity contribution in [1.82, 2.24) is 0 Å². The van der Waals surface area contributed by atoms with Gasteiger partial charge in [-0.05, 0) is 40.2 Å². The van der Waals surface area contributed by atoms with Gasteiger partial charge in [0.05, 0.1) is 11.4 Å². The third kappa shape index (κ3) is 5.54. The smallest absolute Gasteiger partial charge is 0.316 e. The fraction of sp³-hybridized carbons (Fsp3) is 0.125. The molecule has 2 rings (SSSR count). The van der Waals surface area contributed by atoms with Crippen molar-refractivity contribution in [2.24, 2.45) is 0 Å². The average Bonchev–Trinajstić information content (AvgIpc) is 2.54. The molecular weight excluding hydrogens is 366 g/mol. The fourth-order valence-corrected chi connectivity index (χ4v) is 2.70. The van der Waals surface area contributed by atoms with E-state index in [0.717, 1.165) is 9.37 Å². The summed E-state index contributed by atoms with van der Waals surface area (Å²) in [6.07, 6.45) is 0. The van der Waals surface area contributed by atoms with E-state index in [1.54, 1.807) is 6.07 Å². The molecule has 0 saturated heterocycles. The monoisotopic (exact) mass is 379 g/mol. The quantitative estimate of drug-likeness (QED) is 0.613. The number of esters is 1. The van der Waals surface area contributed by atoms with E-state index in [1.807, 2.05) is 48.5 Å². The number of halogens is 1. The number of benzene rings is 2. The van der Waals surface area contributed by atoms with Gasteiger partial charge >= 0.3 is 5.97 Å². The molecule has 4 nitrogen and oxygen atoms in total. The van der Waals surface area contributed by atoms with Gasteiger partial charge in [-0.15, -0.1) is 11.8 Å². The van der Waals surface area contributed by atoms with Crippen molar-refractivity contribution >= 4 is 45.3 Å². The molecule has 2 aromatic carbocycles. The standard InChI is InChI=1S/C16H14BrNO3S/c17-13-8-4-5-9-14(13)18-15(19)10-21-16(20)11-22-12-6-2-1-3-7-12/h1-9H,10-11H2,(H,18,19).